The van der Waals surface area contributed by atoms with E-state index in [0.717, 1.165) is 31.5 Å². The smallest absolute Gasteiger partial charge is 0.399 e. The molecule has 0 saturated carbocycles. The van der Waals surface area contributed by atoms with Crippen LogP contribution in [0.5, 0.6) is 0 Å². The van der Waals surface area contributed by atoms with Gasteiger partial charge in [0.05, 0.1) is 17.8 Å². The first-order valence-electron chi connectivity index (χ1n) is 8.03. The van der Waals surface area contributed by atoms with Crippen molar-refractivity contribution in [3.05, 3.63) is 28.8 Å². The second kappa shape index (κ2) is 5.83. The van der Waals surface area contributed by atoms with E-state index in [9.17, 15) is 0 Å². The maximum Gasteiger partial charge on any atom is 0.496 e. The predicted molar refractivity (Wildman–Crippen MR) is 90.0 cm³/mol. The molecule has 0 spiro atoms. The Labute approximate surface area is 138 Å². The predicted octanol–water partition coefficient (Wildman–Crippen LogP) is 3.53. The highest BCUT2D eigenvalue weighted by molar-refractivity contribution is 6.65. The van der Waals surface area contributed by atoms with Gasteiger partial charge in [-0.1, -0.05) is 23.7 Å². The highest BCUT2D eigenvalue weighted by Gasteiger charge is 2.52. The summed E-state index contributed by atoms with van der Waals surface area (Å²) in [6.45, 7) is 9.86. The van der Waals surface area contributed by atoms with Crippen molar-refractivity contribution in [3.63, 3.8) is 0 Å². The first-order valence-corrected chi connectivity index (χ1v) is 8.41. The fourth-order valence-electron chi connectivity index (χ4n) is 2.96. The van der Waals surface area contributed by atoms with Gasteiger partial charge in [0.1, 0.15) is 0 Å². The molecule has 0 N–H and O–H groups in total. The number of hydrogen-bond acceptors (Lipinski definition) is 3. The second-order valence-corrected chi connectivity index (χ2v) is 7.69. The molecule has 1 aromatic carbocycles. The monoisotopic (exact) mass is 322 g/mol. The third kappa shape index (κ3) is 2.94. The fraction of sp³-hybridized carbons (Fsp3) is 0.647. The lowest BCUT2D eigenvalue weighted by Gasteiger charge is -2.32. The van der Waals surface area contributed by atoms with Crippen molar-refractivity contribution in [1.29, 1.82) is 0 Å². The molecular formula is C17H24BClO3. The zero-order valence-electron chi connectivity index (χ0n) is 13.8. The van der Waals surface area contributed by atoms with E-state index in [0.29, 0.717) is 10.9 Å². The Kier molecular flexibility index (Phi) is 4.32. The molecule has 0 aliphatic carbocycles. The van der Waals surface area contributed by atoms with Crippen LogP contribution in [0, 0.1) is 0 Å². The molecule has 1 aromatic rings. The van der Waals surface area contributed by atoms with Gasteiger partial charge >= 0.3 is 7.12 Å². The normalized spacial score (nSPS) is 27.1. The molecule has 2 fully saturated rings. The van der Waals surface area contributed by atoms with Crippen LogP contribution in [0.1, 0.15) is 52.0 Å². The second-order valence-electron chi connectivity index (χ2n) is 7.28. The summed E-state index contributed by atoms with van der Waals surface area (Å²) in [6.07, 6.45) is 2.27. The fourth-order valence-corrected chi connectivity index (χ4v) is 3.24. The van der Waals surface area contributed by atoms with E-state index < -0.39 is 7.12 Å². The Morgan fingerprint density at radius 3 is 2.36 bits per heavy atom. The average molecular weight is 323 g/mol. The number of rotatable bonds is 2. The minimum absolute atomic E-state index is 0.350. The summed E-state index contributed by atoms with van der Waals surface area (Å²) < 4.78 is 17.7. The van der Waals surface area contributed by atoms with Gasteiger partial charge in [0.25, 0.3) is 0 Å². The molecule has 2 heterocycles. The van der Waals surface area contributed by atoms with Gasteiger partial charge in [-0.3, -0.25) is 0 Å². The van der Waals surface area contributed by atoms with Crippen LogP contribution in [-0.2, 0) is 14.0 Å². The summed E-state index contributed by atoms with van der Waals surface area (Å²) in [7, 11) is -0.408. The Bertz CT molecular complexity index is 537. The maximum atomic E-state index is 6.51. The van der Waals surface area contributed by atoms with E-state index in [1.54, 1.807) is 0 Å². The van der Waals surface area contributed by atoms with E-state index in [4.69, 9.17) is 25.6 Å². The summed E-state index contributed by atoms with van der Waals surface area (Å²) in [4.78, 5) is 0. The molecule has 0 radical (unpaired) electrons. The van der Waals surface area contributed by atoms with E-state index in [1.807, 2.05) is 12.1 Å². The summed E-state index contributed by atoms with van der Waals surface area (Å²) in [5.74, 6) is 0.443. The molecule has 1 unspecified atom stereocenters. The summed E-state index contributed by atoms with van der Waals surface area (Å²) >= 11 is 6.51. The van der Waals surface area contributed by atoms with Gasteiger partial charge in [-0.15, -0.1) is 0 Å². The van der Waals surface area contributed by atoms with Crippen LogP contribution in [0.4, 0.5) is 0 Å². The molecule has 120 valence electrons. The van der Waals surface area contributed by atoms with E-state index in [2.05, 4.69) is 33.8 Å². The summed E-state index contributed by atoms with van der Waals surface area (Å²) in [5, 5.41) is 0.710. The summed E-state index contributed by atoms with van der Waals surface area (Å²) in [5.41, 5.74) is 1.44. The number of ether oxygens (including phenoxy) is 1. The largest absolute Gasteiger partial charge is 0.496 e. The average Bonchev–Trinajstić information content (AvgIpc) is 2.68. The van der Waals surface area contributed by atoms with Gasteiger partial charge in [-0.2, -0.15) is 0 Å². The van der Waals surface area contributed by atoms with Gasteiger partial charge in [0, 0.05) is 23.0 Å². The first-order chi connectivity index (χ1) is 10.3. The van der Waals surface area contributed by atoms with Crippen LogP contribution in [-0.4, -0.2) is 31.5 Å². The highest BCUT2D eigenvalue weighted by atomic mass is 35.5. The Balaban J connectivity index is 1.81. The molecule has 22 heavy (non-hydrogen) atoms. The van der Waals surface area contributed by atoms with Crippen LogP contribution in [0.2, 0.25) is 5.02 Å². The number of halogens is 1. The van der Waals surface area contributed by atoms with Crippen LogP contribution in [0.25, 0.3) is 0 Å². The Hall–Kier alpha value is -0.545. The molecule has 2 aliphatic rings. The molecule has 2 aliphatic heterocycles. The molecule has 1 atom stereocenters. The quantitative estimate of drug-likeness (QED) is 0.780. The van der Waals surface area contributed by atoms with Crippen molar-refractivity contribution >= 4 is 24.2 Å². The number of hydrogen-bond donors (Lipinski definition) is 0. The van der Waals surface area contributed by atoms with Crippen LogP contribution >= 0.6 is 11.6 Å². The lowest BCUT2D eigenvalue weighted by molar-refractivity contribution is 0.00578. The molecule has 0 amide bonds. The van der Waals surface area contributed by atoms with Crippen LogP contribution in [0.3, 0.4) is 0 Å². The minimum Gasteiger partial charge on any atom is -0.399 e. The number of benzene rings is 1. The van der Waals surface area contributed by atoms with Crippen molar-refractivity contribution in [2.24, 2.45) is 0 Å². The standard InChI is InChI=1S/C17H24BClO3/c1-16(2)17(3,4)22-18(21-16)14-8-7-12(10-15(14)19)13-6-5-9-20-11-13/h7-8,10,13H,5-6,9,11H2,1-4H3. The van der Waals surface area contributed by atoms with Gasteiger partial charge in [-0.05, 0) is 52.2 Å². The Morgan fingerprint density at radius 2 is 1.82 bits per heavy atom. The van der Waals surface area contributed by atoms with Crippen molar-refractivity contribution in [2.75, 3.05) is 13.2 Å². The zero-order chi connectivity index (χ0) is 16.0. The van der Waals surface area contributed by atoms with Crippen molar-refractivity contribution in [2.45, 2.75) is 57.7 Å². The zero-order valence-corrected chi connectivity index (χ0v) is 14.6. The highest BCUT2D eigenvalue weighted by Crippen LogP contribution is 2.37. The van der Waals surface area contributed by atoms with Gasteiger partial charge in [0.2, 0.25) is 0 Å². The topological polar surface area (TPSA) is 27.7 Å². The molecule has 2 saturated heterocycles. The first kappa shape index (κ1) is 16.3. The lowest BCUT2D eigenvalue weighted by atomic mass is 9.78. The van der Waals surface area contributed by atoms with Crippen molar-refractivity contribution in [3.8, 4) is 0 Å². The molecule has 0 bridgehead atoms. The Morgan fingerprint density at radius 1 is 1.14 bits per heavy atom. The maximum absolute atomic E-state index is 6.51. The molecular weight excluding hydrogens is 298 g/mol. The van der Waals surface area contributed by atoms with Gasteiger partial charge < -0.3 is 14.0 Å². The van der Waals surface area contributed by atoms with Crippen LogP contribution in [0.15, 0.2) is 18.2 Å². The van der Waals surface area contributed by atoms with Crippen molar-refractivity contribution < 1.29 is 14.0 Å². The minimum atomic E-state index is -0.408. The van der Waals surface area contributed by atoms with E-state index in [-0.39, 0.29) is 11.2 Å². The van der Waals surface area contributed by atoms with Gasteiger partial charge in [0.15, 0.2) is 0 Å². The van der Waals surface area contributed by atoms with Crippen LogP contribution < -0.4 is 5.46 Å². The summed E-state index contributed by atoms with van der Waals surface area (Å²) in [6, 6.07) is 6.21. The lowest BCUT2D eigenvalue weighted by Crippen LogP contribution is -2.41. The molecule has 3 nitrogen and oxygen atoms in total. The molecule has 5 heteroatoms. The molecule has 3 rings (SSSR count). The van der Waals surface area contributed by atoms with Crippen molar-refractivity contribution in [1.82, 2.24) is 0 Å². The third-order valence-electron chi connectivity index (χ3n) is 5.16. The van der Waals surface area contributed by atoms with E-state index >= 15 is 0 Å². The molecule has 0 aromatic heterocycles. The third-order valence-corrected chi connectivity index (χ3v) is 5.49. The van der Waals surface area contributed by atoms with Gasteiger partial charge in [-0.25, -0.2) is 0 Å². The SMILES string of the molecule is CC1(C)OB(c2ccc(C3CCCOC3)cc2Cl)OC1(C)C. The van der Waals surface area contributed by atoms with E-state index in [1.165, 1.54) is 5.56 Å².